The highest BCUT2D eigenvalue weighted by Crippen LogP contribution is 2.28. The molecule has 8 nitrogen and oxygen atoms in total. The summed E-state index contributed by atoms with van der Waals surface area (Å²) in [5.74, 6) is -1.68. The number of hydrogen-bond acceptors (Lipinski definition) is 7. The van der Waals surface area contributed by atoms with Crippen LogP contribution in [0.1, 0.15) is 42.9 Å². The van der Waals surface area contributed by atoms with Crippen molar-refractivity contribution in [2.45, 2.75) is 34.6 Å². The van der Waals surface area contributed by atoms with Crippen LogP contribution in [0.4, 0.5) is 9.80 Å². The second-order valence-corrected chi connectivity index (χ2v) is 7.22. The predicted molar refractivity (Wildman–Crippen MR) is 92.6 cm³/mol. The van der Waals surface area contributed by atoms with Gasteiger partial charge in [0.25, 0.3) is 5.91 Å². The Hall–Kier alpha value is -2.42. The van der Waals surface area contributed by atoms with Gasteiger partial charge in [-0.2, -0.15) is 0 Å². The smallest absolute Gasteiger partial charge is 0.413 e. The van der Waals surface area contributed by atoms with E-state index < -0.39 is 30.0 Å². The summed E-state index contributed by atoms with van der Waals surface area (Å²) in [7, 11) is 0. The quantitative estimate of drug-likeness (QED) is 0.770. The molecule has 0 atom stereocenters. The number of ether oxygens (including phenoxy) is 2. The third-order valence-corrected chi connectivity index (χ3v) is 4.00. The Balaban J connectivity index is 2.63. The van der Waals surface area contributed by atoms with Gasteiger partial charge in [0.05, 0.1) is 11.6 Å². The molecule has 0 aliphatic rings. The predicted octanol–water partition coefficient (Wildman–Crippen LogP) is 2.47. The van der Waals surface area contributed by atoms with Crippen molar-refractivity contribution in [2.75, 3.05) is 18.5 Å². The minimum absolute atomic E-state index is 0.121. The van der Waals surface area contributed by atoms with E-state index in [1.54, 1.807) is 40.7 Å². The molecule has 0 aliphatic heterocycles. The summed E-state index contributed by atoms with van der Waals surface area (Å²) in [6, 6.07) is 1.66. The lowest BCUT2D eigenvalue weighted by atomic mass is 9.96. The zero-order chi connectivity index (χ0) is 19.2. The lowest BCUT2D eigenvalue weighted by Crippen LogP contribution is -2.34. The second kappa shape index (κ2) is 8.61. The molecule has 3 amide bonds. The molecular formula is C16H22N2O6S. The average molecular weight is 370 g/mol. The van der Waals surface area contributed by atoms with Crippen molar-refractivity contribution in [3.05, 3.63) is 16.5 Å². The molecule has 1 aromatic rings. The summed E-state index contributed by atoms with van der Waals surface area (Å²) in [6.07, 6.45) is -0.900. The fourth-order valence-corrected chi connectivity index (χ4v) is 2.52. The van der Waals surface area contributed by atoms with Gasteiger partial charge in [-0.15, -0.1) is 11.3 Å². The highest BCUT2D eigenvalue weighted by molar-refractivity contribution is 7.18. The van der Waals surface area contributed by atoms with Crippen molar-refractivity contribution in [3.63, 3.8) is 0 Å². The molecule has 0 fully saturated rings. The van der Waals surface area contributed by atoms with Gasteiger partial charge in [0.2, 0.25) is 5.91 Å². The fraction of sp³-hybridized carbons (Fsp3) is 0.500. The van der Waals surface area contributed by atoms with Crippen molar-refractivity contribution in [1.29, 1.82) is 0 Å². The molecule has 1 heterocycles. The lowest BCUT2D eigenvalue weighted by molar-refractivity contribution is -0.124. The molecular weight excluding hydrogens is 348 g/mol. The van der Waals surface area contributed by atoms with E-state index in [1.165, 1.54) is 0 Å². The van der Waals surface area contributed by atoms with Crippen LogP contribution in [-0.2, 0) is 19.1 Å². The highest BCUT2D eigenvalue weighted by Gasteiger charge is 2.23. The molecule has 138 valence electrons. The Kier molecular flexibility index (Phi) is 7.10. The van der Waals surface area contributed by atoms with Crippen LogP contribution in [0.5, 0.6) is 0 Å². The van der Waals surface area contributed by atoms with Crippen LogP contribution in [0, 0.1) is 12.3 Å². The molecule has 0 saturated carbocycles. The number of thiophene rings is 1. The van der Waals surface area contributed by atoms with E-state index in [1.807, 2.05) is 5.32 Å². The Bertz CT molecular complexity index is 675. The van der Waals surface area contributed by atoms with Gasteiger partial charge in [0.15, 0.2) is 6.61 Å². The van der Waals surface area contributed by atoms with Crippen LogP contribution in [0.3, 0.4) is 0 Å². The minimum atomic E-state index is -0.900. The zero-order valence-electron chi connectivity index (χ0n) is 14.8. The first-order valence-corrected chi connectivity index (χ1v) is 8.41. The third-order valence-electron chi connectivity index (χ3n) is 2.87. The van der Waals surface area contributed by atoms with Crippen LogP contribution < -0.4 is 10.6 Å². The maximum absolute atomic E-state index is 12.1. The summed E-state index contributed by atoms with van der Waals surface area (Å²) in [5.41, 5.74) is 0.0500. The molecule has 1 aromatic heterocycles. The number of carbonyl (C=O) groups excluding carboxylic acids is 4. The van der Waals surface area contributed by atoms with E-state index in [4.69, 9.17) is 4.74 Å². The molecule has 0 radical (unpaired) electrons. The topological polar surface area (TPSA) is 111 Å². The summed E-state index contributed by atoms with van der Waals surface area (Å²) < 4.78 is 9.42. The van der Waals surface area contributed by atoms with Crippen LogP contribution in [0.2, 0.25) is 0 Å². The average Bonchev–Trinajstić information content (AvgIpc) is 2.84. The Morgan fingerprint density at radius 3 is 2.36 bits per heavy atom. The molecule has 0 saturated heterocycles. The minimum Gasteiger partial charge on any atom is -0.451 e. The maximum atomic E-state index is 12.1. The standard InChI is InChI=1S/C16H22N2O6S/c1-6-23-15(22)17-10(19)8-24-13(20)12-9(2)7-11(25-12)18-14(21)16(3,4)5/h7H,6,8H2,1-5H3,(H,18,21)(H,17,19,22). The summed E-state index contributed by atoms with van der Waals surface area (Å²) in [6.45, 7) is 8.13. The molecule has 1 rings (SSSR count). The number of esters is 1. The molecule has 0 unspecified atom stereocenters. The van der Waals surface area contributed by atoms with E-state index in [0.29, 0.717) is 10.6 Å². The van der Waals surface area contributed by atoms with E-state index in [0.717, 1.165) is 11.3 Å². The molecule has 0 aliphatic carbocycles. The zero-order valence-corrected chi connectivity index (χ0v) is 15.7. The van der Waals surface area contributed by atoms with Gasteiger partial charge in [0, 0.05) is 5.41 Å². The van der Waals surface area contributed by atoms with Gasteiger partial charge in [-0.3, -0.25) is 14.9 Å². The number of nitrogens with one attached hydrogen (secondary N) is 2. The molecule has 2 N–H and O–H groups in total. The van der Waals surface area contributed by atoms with Crippen LogP contribution in [-0.4, -0.2) is 37.1 Å². The Labute approximate surface area is 149 Å². The molecule has 0 aromatic carbocycles. The van der Waals surface area contributed by atoms with Crippen LogP contribution >= 0.6 is 11.3 Å². The SMILES string of the molecule is CCOC(=O)NC(=O)COC(=O)c1sc(NC(=O)C(C)(C)C)cc1C. The number of aryl methyl sites for hydroxylation is 1. The van der Waals surface area contributed by atoms with E-state index in [9.17, 15) is 19.2 Å². The summed E-state index contributed by atoms with van der Waals surface area (Å²) in [5, 5.41) is 5.17. The van der Waals surface area contributed by atoms with Crippen LogP contribution in [0.25, 0.3) is 0 Å². The van der Waals surface area contributed by atoms with Gasteiger partial charge in [-0.05, 0) is 25.5 Å². The highest BCUT2D eigenvalue weighted by atomic mass is 32.1. The number of imide groups is 1. The van der Waals surface area contributed by atoms with E-state index >= 15 is 0 Å². The van der Waals surface area contributed by atoms with Crippen molar-refractivity contribution < 1.29 is 28.7 Å². The molecule has 0 bridgehead atoms. The monoisotopic (exact) mass is 370 g/mol. The van der Waals surface area contributed by atoms with Gasteiger partial charge >= 0.3 is 12.1 Å². The Morgan fingerprint density at radius 1 is 1.16 bits per heavy atom. The maximum Gasteiger partial charge on any atom is 0.413 e. The first-order chi connectivity index (χ1) is 11.5. The third kappa shape index (κ3) is 6.54. The van der Waals surface area contributed by atoms with Crippen molar-refractivity contribution in [2.24, 2.45) is 5.41 Å². The van der Waals surface area contributed by atoms with E-state index in [2.05, 4.69) is 10.1 Å². The number of rotatable bonds is 5. The number of alkyl carbamates (subject to hydrolysis) is 1. The molecule has 9 heteroatoms. The van der Waals surface area contributed by atoms with Crippen molar-refractivity contribution >= 4 is 40.2 Å². The van der Waals surface area contributed by atoms with Crippen molar-refractivity contribution in [1.82, 2.24) is 5.32 Å². The lowest BCUT2D eigenvalue weighted by Gasteiger charge is -2.16. The number of amides is 3. The largest absolute Gasteiger partial charge is 0.451 e. The van der Waals surface area contributed by atoms with Gasteiger partial charge < -0.3 is 14.8 Å². The van der Waals surface area contributed by atoms with Crippen molar-refractivity contribution in [3.8, 4) is 0 Å². The van der Waals surface area contributed by atoms with Gasteiger partial charge in [-0.25, -0.2) is 9.59 Å². The van der Waals surface area contributed by atoms with Gasteiger partial charge in [-0.1, -0.05) is 20.8 Å². The molecule has 25 heavy (non-hydrogen) atoms. The van der Waals surface area contributed by atoms with Crippen LogP contribution in [0.15, 0.2) is 6.07 Å². The summed E-state index contributed by atoms with van der Waals surface area (Å²) in [4.78, 5) is 46.8. The van der Waals surface area contributed by atoms with E-state index in [-0.39, 0.29) is 17.4 Å². The first-order valence-electron chi connectivity index (χ1n) is 7.60. The fourth-order valence-electron chi connectivity index (χ4n) is 1.56. The Morgan fingerprint density at radius 2 is 1.80 bits per heavy atom. The number of anilines is 1. The molecule has 0 spiro atoms. The normalized spacial score (nSPS) is 10.8. The summed E-state index contributed by atoms with van der Waals surface area (Å²) >= 11 is 1.06. The number of hydrogen-bond donors (Lipinski definition) is 2. The number of carbonyl (C=O) groups is 4. The second-order valence-electron chi connectivity index (χ2n) is 6.17. The van der Waals surface area contributed by atoms with Gasteiger partial charge in [0.1, 0.15) is 4.88 Å². The first kappa shape index (κ1) is 20.6.